The van der Waals surface area contributed by atoms with Crippen LogP contribution in [0.3, 0.4) is 0 Å². The van der Waals surface area contributed by atoms with Gasteiger partial charge in [-0.05, 0) is 37.5 Å². The number of pyridine rings is 1. The van der Waals surface area contributed by atoms with Gasteiger partial charge in [-0.25, -0.2) is 0 Å². The lowest BCUT2D eigenvalue weighted by Crippen LogP contribution is -2.37. The zero-order valence-corrected chi connectivity index (χ0v) is 14.7. The summed E-state index contributed by atoms with van der Waals surface area (Å²) in [6, 6.07) is 4.23. The Balaban J connectivity index is 1.80. The van der Waals surface area contributed by atoms with Crippen molar-refractivity contribution in [3.63, 3.8) is 0 Å². The second-order valence-corrected chi connectivity index (χ2v) is 6.73. The molecule has 1 aromatic heterocycles. The summed E-state index contributed by atoms with van der Waals surface area (Å²) in [4.78, 5) is 18.0. The van der Waals surface area contributed by atoms with Gasteiger partial charge in [0.15, 0.2) is 13.2 Å². The predicted molar refractivity (Wildman–Crippen MR) is 99.8 cm³/mol. The van der Waals surface area contributed by atoms with E-state index in [0.29, 0.717) is 6.61 Å². The summed E-state index contributed by atoms with van der Waals surface area (Å²) in [6.07, 6.45) is 1.81. The highest BCUT2D eigenvalue weighted by atomic mass is 16.5. The second-order valence-electron chi connectivity index (χ2n) is 6.73. The fraction of sp³-hybridized carbons (Fsp3) is 0.526. The highest BCUT2D eigenvalue weighted by Crippen LogP contribution is 2.36. The molecule has 6 heteroatoms. The molecule has 0 radical (unpaired) electrons. The average molecular weight is 344 g/mol. The normalized spacial score (nSPS) is 18.0. The van der Waals surface area contributed by atoms with E-state index in [1.54, 1.807) is 0 Å². The Hall–Kier alpha value is -2.05. The molecule has 2 aliphatic rings. The molecular weight excluding hydrogens is 318 g/mol. The second kappa shape index (κ2) is 7.06. The van der Waals surface area contributed by atoms with Crippen molar-refractivity contribution in [3.05, 3.63) is 33.6 Å². The van der Waals surface area contributed by atoms with Crippen molar-refractivity contribution in [1.82, 2.24) is 9.88 Å². The highest BCUT2D eigenvalue weighted by molar-refractivity contribution is 5.98. The molecule has 2 aliphatic heterocycles. The molecule has 0 atom stereocenters. The van der Waals surface area contributed by atoms with Gasteiger partial charge in [-0.15, -0.1) is 0 Å². The SMILES string of the molecule is CCOc1cc(CN2CC[OH+]CC2)cc2[nH]c(=O)c3c(c12)NCCC3. The summed E-state index contributed by atoms with van der Waals surface area (Å²) >= 11 is 0. The number of ether oxygens (including phenoxy) is 2. The number of aromatic nitrogens is 1. The smallest absolute Gasteiger partial charge is 0.253 e. The Kier molecular flexibility index (Phi) is 4.63. The quantitative estimate of drug-likeness (QED) is 0.827. The summed E-state index contributed by atoms with van der Waals surface area (Å²) in [5, 5.41) is 4.43. The van der Waals surface area contributed by atoms with Gasteiger partial charge in [-0.3, -0.25) is 9.69 Å². The lowest BCUT2D eigenvalue weighted by molar-refractivity contribution is -0.0922. The van der Waals surface area contributed by atoms with E-state index in [2.05, 4.69) is 32.1 Å². The van der Waals surface area contributed by atoms with Crippen LogP contribution in [-0.4, -0.2) is 54.1 Å². The molecule has 3 N–H and O–H groups in total. The van der Waals surface area contributed by atoms with Gasteiger partial charge >= 0.3 is 0 Å². The first-order valence-electron chi connectivity index (χ1n) is 9.20. The molecule has 6 nitrogen and oxygen atoms in total. The fourth-order valence-electron chi connectivity index (χ4n) is 3.83. The number of hydrogen-bond donors (Lipinski definition) is 2. The summed E-state index contributed by atoms with van der Waals surface area (Å²) in [5.74, 6) is 0.860. The van der Waals surface area contributed by atoms with Crippen molar-refractivity contribution in [2.24, 2.45) is 0 Å². The summed E-state index contributed by atoms with van der Waals surface area (Å²) < 4.78 is 10.4. The van der Waals surface area contributed by atoms with E-state index >= 15 is 0 Å². The van der Waals surface area contributed by atoms with Crippen molar-refractivity contribution >= 4 is 16.6 Å². The van der Waals surface area contributed by atoms with Gasteiger partial charge in [0.05, 0.1) is 36.3 Å². The van der Waals surface area contributed by atoms with Crippen molar-refractivity contribution in [1.29, 1.82) is 0 Å². The summed E-state index contributed by atoms with van der Waals surface area (Å²) in [5.41, 5.74) is 3.86. The monoisotopic (exact) mass is 344 g/mol. The number of anilines is 1. The first kappa shape index (κ1) is 16.4. The maximum Gasteiger partial charge on any atom is 0.253 e. The van der Waals surface area contributed by atoms with Gasteiger partial charge in [0.2, 0.25) is 0 Å². The largest absolute Gasteiger partial charge is 0.493 e. The van der Waals surface area contributed by atoms with Crippen LogP contribution in [0, 0.1) is 0 Å². The van der Waals surface area contributed by atoms with Gasteiger partial charge in [0, 0.05) is 18.7 Å². The Labute approximate surface area is 147 Å². The van der Waals surface area contributed by atoms with Gasteiger partial charge < -0.3 is 19.8 Å². The van der Waals surface area contributed by atoms with Crippen LogP contribution >= 0.6 is 0 Å². The Bertz CT molecular complexity index is 825. The van der Waals surface area contributed by atoms with E-state index in [9.17, 15) is 4.79 Å². The standard InChI is InChI=1S/C19H25N3O3/c1-2-25-16-11-13(12-22-6-8-24-9-7-22)10-15-17(16)18-14(19(23)21-15)4-3-5-20-18/h10-11,20H,2-9,12H2,1H3,(H,21,23)/p+1. The number of rotatable bonds is 4. The number of H-pyrrole nitrogens is 1. The number of aliphatic hydroxyl groups is 2. The lowest BCUT2D eigenvalue weighted by atomic mass is 9.99. The van der Waals surface area contributed by atoms with Crippen LogP contribution in [0.2, 0.25) is 0 Å². The van der Waals surface area contributed by atoms with E-state index in [1.165, 1.54) is 5.56 Å². The molecule has 1 saturated heterocycles. The number of fused-ring (bicyclic) bond motifs is 3. The van der Waals surface area contributed by atoms with Crippen LogP contribution in [0.1, 0.15) is 24.5 Å². The molecule has 0 bridgehead atoms. The molecule has 134 valence electrons. The van der Waals surface area contributed by atoms with E-state index in [1.807, 2.05) is 6.92 Å². The highest BCUT2D eigenvalue weighted by Gasteiger charge is 2.21. The van der Waals surface area contributed by atoms with E-state index < -0.39 is 0 Å². The van der Waals surface area contributed by atoms with Crippen molar-refractivity contribution in [3.8, 4) is 5.75 Å². The van der Waals surface area contributed by atoms with Crippen molar-refractivity contribution in [2.45, 2.75) is 26.3 Å². The summed E-state index contributed by atoms with van der Waals surface area (Å²) in [6.45, 7) is 8.15. The van der Waals surface area contributed by atoms with E-state index in [0.717, 1.165) is 80.1 Å². The number of nitrogens with one attached hydrogen (secondary N) is 2. The van der Waals surface area contributed by atoms with Crippen LogP contribution in [0.15, 0.2) is 16.9 Å². The third-order valence-corrected chi connectivity index (χ3v) is 5.00. The first-order valence-corrected chi connectivity index (χ1v) is 9.20. The molecule has 0 saturated carbocycles. The number of morpholine rings is 1. The minimum atomic E-state index is 0.0195. The number of benzene rings is 1. The molecular formula is C19H26N3O3+. The number of nitrogens with zero attached hydrogens (tertiary/aromatic N) is 1. The Morgan fingerprint density at radius 1 is 1.28 bits per heavy atom. The van der Waals surface area contributed by atoms with E-state index in [-0.39, 0.29) is 5.56 Å². The van der Waals surface area contributed by atoms with Crippen molar-refractivity contribution in [2.75, 3.05) is 44.8 Å². The fourth-order valence-corrected chi connectivity index (χ4v) is 3.83. The Morgan fingerprint density at radius 2 is 2.12 bits per heavy atom. The van der Waals surface area contributed by atoms with Gasteiger partial charge in [0.1, 0.15) is 5.75 Å². The molecule has 0 unspecified atom stereocenters. The topological polar surface area (TPSA) is 70.2 Å². The minimum Gasteiger partial charge on any atom is -0.493 e. The third-order valence-electron chi connectivity index (χ3n) is 5.00. The molecule has 1 fully saturated rings. The number of hydrogen-bond acceptors (Lipinski definition) is 4. The Morgan fingerprint density at radius 3 is 2.92 bits per heavy atom. The van der Waals surface area contributed by atoms with Crippen molar-refractivity contribution < 1.29 is 9.47 Å². The minimum absolute atomic E-state index is 0.0195. The molecule has 0 spiro atoms. The molecule has 25 heavy (non-hydrogen) atoms. The molecule has 1 aromatic carbocycles. The molecule has 3 heterocycles. The zero-order valence-electron chi connectivity index (χ0n) is 14.7. The van der Waals surface area contributed by atoms with Crippen LogP contribution < -0.4 is 15.6 Å². The van der Waals surface area contributed by atoms with Crippen LogP contribution in [0.25, 0.3) is 10.9 Å². The van der Waals surface area contributed by atoms with Gasteiger partial charge in [-0.2, -0.15) is 0 Å². The van der Waals surface area contributed by atoms with Gasteiger partial charge in [-0.1, -0.05) is 0 Å². The molecule has 0 aliphatic carbocycles. The lowest BCUT2D eigenvalue weighted by Gasteiger charge is -2.25. The van der Waals surface area contributed by atoms with Gasteiger partial charge in [0.25, 0.3) is 5.56 Å². The number of aromatic amines is 1. The molecule has 0 amide bonds. The maximum atomic E-state index is 12.5. The zero-order chi connectivity index (χ0) is 17.2. The molecule has 2 aromatic rings. The molecule has 4 rings (SSSR count). The maximum absolute atomic E-state index is 12.5. The van der Waals surface area contributed by atoms with Crippen LogP contribution in [0.4, 0.5) is 5.69 Å². The average Bonchev–Trinajstić information content (AvgIpc) is 2.63. The first-order chi connectivity index (χ1) is 12.3. The van der Waals surface area contributed by atoms with Crippen LogP contribution in [0.5, 0.6) is 5.75 Å². The predicted octanol–water partition coefficient (Wildman–Crippen LogP) is 1.63. The van der Waals surface area contributed by atoms with Crippen LogP contribution in [-0.2, 0) is 13.0 Å². The summed E-state index contributed by atoms with van der Waals surface area (Å²) in [7, 11) is 0. The third kappa shape index (κ3) is 3.24. The van der Waals surface area contributed by atoms with E-state index in [4.69, 9.17) is 4.74 Å².